The van der Waals surface area contributed by atoms with Gasteiger partial charge in [-0.3, -0.25) is 19.1 Å². The van der Waals surface area contributed by atoms with Gasteiger partial charge in [-0.1, -0.05) is 29.8 Å². The third-order valence-corrected chi connectivity index (χ3v) is 8.15. The molecule has 3 aromatic carbocycles. The van der Waals surface area contributed by atoms with E-state index in [0.29, 0.717) is 39.4 Å². The Morgan fingerprint density at radius 2 is 1.76 bits per heavy atom. The molecule has 1 aliphatic rings. The molecule has 0 spiro atoms. The van der Waals surface area contributed by atoms with Gasteiger partial charge in [-0.15, -0.1) is 10.2 Å². The number of nitrogens with one attached hydrogen (secondary N) is 2. The van der Waals surface area contributed by atoms with Crippen LogP contribution in [0.4, 0.5) is 0 Å². The molecule has 5 rings (SSSR count). The van der Waals surface area contributed by atoms with E-state index in [0.717, 1.165) is 16.8 Å². The molecule has 45 heavy (non-hydrogen) atoms. The van der Waals surface area contributed by atoms with Crippen LogP contribution in [0.5, 0.6) is 11.5 Å². The molecule has 2 heterocycles. The maximum Gasteiger partial charge on any atom is 0.251 e. The van der Waals surface area contributed by atoms with Gasteiger partial charge in [-0.2, -0.15) is 0 Å². The lowest BCUT2D eigenvalue weighted by atomic mass is 10.00. The number of amides is 2. The van der Waals surface area contributed by atoms with Crippen molar-refractivity contribution < 1.29 is 23.9 Å². The molecule has 0 saturated heterocycles. The summed E-state index contributed by atoms with van der Waals surface area (Å²) in [5.74, 6) is 1.82. The zero-order valence-electron chi connectivity index (χ0n) is 25.5. The second-order valence-electron chi connectivity index (χ2n) is 11.3. The Hall–Kier alpha value is -4.52. The lowest BCUT2D eigenvalue weighted by Crippen LogP contribution is -2.35. The molecule has 2 amide bonds. The normalized spacial score (nSPS) is 14.0. The lowest BCUT2D eigenvalue weighted by Gasteiger charge is -2.15. The van der Waals surface area contributed by atoms with Gasteiger partial charge in [0, 0.05) is 34.8 Å². The SMILES string of the molecule is COc1ccc2c(c1)C(c1ccc(Cl)cc1)=NC(CC(=O)NCCNC(=O)c1cccc(OC[Si](C)(C)O)c1)c1nnc(C)n1-2. The molecule has 4 aromatic rings. The minimum Gasteiger partial charge on any atom is -0.497 e. The van der Waals surface area contributed by atoms with Crippen molar-refractivity contribution >= 4 is 37.4 Å². The molecular weight excluding hydrogens is 612 g/mol. The summed E-state index contributed by atoms with van der Waals surface area (Å²) in [6, 6.07) is 19.2. The van der Waals surface area contributed by atoms with Crippen LogP contribution in [0.3, 0.4) is 0 Å². The third-order valence-electron chi connectivity index (χ3n) is 7.05. The van der Waals surface area contributed by atoms with Gasteiger partial charge in [-0.05, 0) is 68.5 Å². The smallest absolute Gasteiger partial charge is 0.251 e. The largest absolute Gasteiger partial charge is 0.497 e. The highest BCUT2D eigenvalue weighted by molar-refractivity contribution is 6.69. The molecule has 11 nitrogen and oxygen atoms in total. The van der Waals surface area contributed by atoms with Crippen molar-refractivity contribution in [3.05, 3.63) is 100 Å². The van der Waals surface area contributed by atoms with Crippen LogP contribution >= 0.6 is 11.6 Å². The zero-order chi connectivity index (χ0) is 32.1. The van der Waals surface area contributed by atoms with Crippen LogP contribution in [0.25, 0.3) is 5.69 Å². The fourth-order valence-corrected chi connectivity index (χ4v) is 5.54. The van der Waals surface area contributed by atoms with Crippen molar-refractivity contribution in [3.8, 4) is 17.2 Å². The predicted molar refractivity (Wildman–Crippen MR) is 174 cm³/mol. The first-order valence-electron chi connectivity index (χ1n) is 14.5. The van der Waals surface area contributed by atoms with Gasteiger partial charge in [-0.25, -0.2) is 0 Å². The fourth-order valence-electron chi connectivity index (χ4n) is 4.89. The number of carbonyl (C=O) groups is 2. The highest BCUT2D eigenvalue weighted by Crippen LogP contribution is 2.34. The number of hydrogen-bond acceptors (Lipinski definition) is 8. The van der Waals surface area contributed by atoms with Crippen LogP contribution in [-0.2, 0) is 4.79 Å². The van der Waals surface area contributed by atoms with E-state index in [1.165, 1.54) is 0 Å². The van der Waals surface area contributed by atoms with Gasteiger partial charge >= 0.3 is 0 Å². The number of fused-ring (bicyclic) bond motifs is 3. The topological polar surface area (TPSA) is 140 Å². The van der Waals surface area contributed by atoms with Gasteiger partial charge in [0.2, 0.25) is 14.2 Å². The average Bonchev–Trinajstić information content (AvgIpc) is 3.34. The van der Waals surface area contributed by atoms with Crippen LogP contribution < -0.4 is 20.1 Å². The zero-order valence-corrected chi connectivity index (χ0v) is 27.3. The Morgan fingerprint density at radius 3 is 2.49 bits per heavy atom. The molecule has 13 heteroatoms. The molecule has 1 aromatic heterocycles. The number of methoxy groups -OCH3 is 1. The van der Waals surface area contributed by atoms with E-state index in [-0.39, 0.29) is 37.6 Å². The number of ether oxygens (including phenoxy) is 2. The Labute approximate surface area is 267 Å². The second kappa shape index (κ2) is 13.6. The van der Waals surface area contributed by atoms with E-state index in [2.05, 4.69) is 20.8 Å². The maximum absolute atomic E-state index is 13.2. The first kappa shape index (κ1) is 31.9. The summed E-state index contributed by atoms with van der Waals surface area (Å²) in [6.45, 7) is 5.85. The maximum atomic E-state index is 13.2. The van der Waals surface area contributed by atoms with Crippen molar-refractivity contribution in [2.24, 2.45) is 4.99 Å². The van der Waals surface area contributed by atoms with E-state index in [9.17, 15) is 14.4 Å². The summed E-state index contributed by atoms with van der Waals surface area (Å²) in [7, 11) is -0.786. The summed E-state index contributed by atoms with van der Waals surface area (Å²) in [4.78, 5) is 41.0. The van der Waals surface area contributed by atoms with Gasteiger partial charge < -0.3 is 24.9 Å². The number of nitrogens with zero attached hydrogens (tertiary/aromatic N) is 4. The third kappa shape index (κ3) is 7.77. The van der Waals surface area contributed by atoms with Crippen LogP contribution in [0, 0.1) is 6.92 Å². The van der Waals surface area contributed by atoms with Gasteiger partial charge in [0.05, 0.1) is 24.9 Å². The summed E-state index contributed by atoms with van der Waals surface area (Å²) in [5.41, 5.74) is 3.55. The summed E-state index contributed by atoms with van der Waals surface area (Å²) >= 11 is 6.18. The monoisotopic (exact) mass is 646 g/mol. The standard InChI is InChI=1S/C32H35ClN6O5Si/c1-20-37-38-31-27(18-29(40)34-14-15-35-32(41)22-6-5-7-25(16-22)44-19-45(3,4)42)36-30(21-8-10-23(33)11-9-21)26-17-24(43-2)12-13-28(26)39(20)31/h5-13,16-17,27,42H,14-15,18-19H2,1-4H3,(H,34,40)(H,35,41). The van der Waals surface area contributed by atoms with Crippen LogP contribution in [-0.4, -0.2) is 71.8 Å². The Kier molecular flexibility index (Phi) is 9.66. The molecule has 0 fully saturated rings. The number of halogens is 1. The van der Waals surface area contributed by atoms with Gasteiger partial charge in [0.15, 0.2) is 5.82 Å². The number of rotatable bonds is 11. The lowest BCUT2D eigenvalue weighted by molar-refractivity contribution is -0.121. The molecule has 0 bridgehead atoms. The van der Waals surface area contributed by atoms with Gasteiger partial charge in [0.25, 0.3) is 5.91 Å². The van der Waals surface area contributed by atoms with Crippen molar-refractivity contribution in [1.29, 1.82) is 0 Å². The number of hydrogen-bond donors (Lipinski definition) is 3. The Morgan fingerprint density at radius 1 is 1.00 bits per heavy atom. The van der Waals surface area contributed by atoms with Crippen molar-refractivity contribution in [1.82, 2.24) is 25.4 Å². The molecule has 3 N–H and O–H groups in total. The molecule has 1 aliphatic heterocycles. The second-order valence-corrected chi connectivity index (χ2v) is 15.6. The number of benzene rings is 3. The van der Waals surface area contributed by atoms with Crippen LogP contribution in [0.15, 0.2) is 71.7 Å². The highest BCUT2D eigenvalue weighted by Gasteiger charge is 2.30. The highest BCUT2D eigenvalue weighted by atomic mass is 35.5. The van der Waals surface area contributed by atoms with E-state index in [1.54, 1.807) is 56.6 Å². The average molecular weight is 647 g/mol. The van der Waals surface area contributed by atoms with E-state index in [4.69, 9.17) is 26.1 Å². The van der Waals surface area contributed by atoms with Crippen molar-refractivity contribution in [3.63, 3.8) is 0 Å². The number of aryl methyl sites for hydroxylation is 1. The number of aromatic nitrogens is 3. The predicted octanol–water partition coefficient (Wildman–Crippen LogP) is 4.18. The molecular formula is C32H35ClN6O5Si. The van der Waals surface area contributed by atoms with E-state index >= 15 is 0 Å². The van der Waals surface area contributed by atoms with Crippen LogP contribution in [0.1, 0.15) is 45.6 Å². The Bertz CT molecular complexity index is 1730. The molecule has 1 unspecified atom stereocenters. The summed E-state index contributed by atoms with van der Waals surface area (Å²) < 4.78 is 13.1. The van der Waals surface area contributed by atoms with Gasteiger partial charge in [0.1, 0.15) is 29.6 Å². The fraction of sp³-hybridized carbons (Fsp3) is 0.281. The summed E-state index contributed by atoms with van der Waals surface area (Å²) in [6.07, 6.45) is 0.241. The minimum absolute atomic E-state index is 0.0121. The molecule has 1 atom stereocenters. The molecule has 234 valence electrons. The number of carbonyl (C=O) groups excluding carboxylic acids is 2. The molecule has 0 radical (unpaired) electrons. The van der Waals surface area contributed by atoms with Crippen LogP contribution in [0.2, 0.25) is 18.1 Å². The molecule has 0 aliphatic carbocycles. The van der Waals surface area contributed by atoms with Crippen molar-refractivity contribution in [2.45, 2.75) is 32.5 Å². The van der Waals surface area contributed by atoms with E-state index < -0.39 is 14.4 Å². The first-order chi connectivity index (χ1) is 21.5. The van der Waals surface area contributed by atoms with E-state index in [1.807, 2.05) is 41.8 Å². The summed E-state index contributed by atoms with van der Waals surface area (Å²) in [5, 5.41) is 15.0. The first-order valence-corrected chi connectivity index (χ1v) is 18.0. The van der Waals surface area contributed by atoms with Crippen molar-refractivity contribution in [2.75, 3.05) is 26.4 Å². The quantitative estimate of drug-likeness (QED) is 0.164. The number of aliphatic imine (C=N–C) groups is 1. The Balaban J connectivity index is 1.29. The minimum atomic E-state index is -2.39. The molecule has 0 saturated carbocycles.